The molecule has 6 nitrogen and oxygen atoms in total. The average Bonchev–Trinajstić information content (AvgIpc) is 2.96. The number of anilines is 2. The summed E-state index contributed by atoms with van der Waals surface area (Å²) in [5.74, 6) is -0.986. The number of rotatable bonds is 4. The number of aromatic nitrogens is 2. The van der Waals surface area contributed by atoms with Crippen LogP contribution in [-0.4, -0.2) is 26.8 Å². The van der Waals surface area contributed by atoms with Crippen molar-refractivity contribution in [2.45, 2.75) is 6.54 Å². The van der Waals surface area contributed by atoms with Crippen LogP contribution in [0.2, 0.25) is 5.02 Å². The molecule has 2 heterocycles. The molecule has 1 aromatic heterocycles. The summed E-state index contributed by atoms with van der Waals surface area (Å²) < 4.78 is 13.9. The van der Waals surface area contributed by atoms with Crippen molar-refractivity contribution in [1.82, 2.24) is 9.97 Å². The zero-order valence-corrected chi connectivity index (χ0v) is 17.8. The molecule has 0 spiro atoms. The van der Waals surface area contributed by atoms with E-state index < -0.39 is 5.97 Å². The summed E-state index contributed by atoms with van der Waals surface area (Å²) in [4.78, 5) is 24.9. The van der Waals surface area contributed by atoms with Gasteiger partial charge in [-0.05, 0) is 48.5 Å². The standard InChI is InChI=1S/C25H16ClFN4O2/c26-17-6-9-20-21(11-17)22(15-2-1-3-18(27)10-15)28-12-16-13-29-25(31-23(16)20)30-19-7-4-14(5-8-19)24(32)33/h1-11,13H,12H2,(H,32,33)(H,29,30,31). The van der Waals surface area contributed by atoms with Crippen LogP contribution in [0.1, 0.15) is 27.0 Å². The highest BCUT2D eigenvalue weighted by atomic mass is 35.5. The molecule has 4 aromatic rings. The molecule has 8 heteroatoms. The Bertz CT molecular complexity index is 1420. The number of nitrogens with zero attached hydrogens (tertiary/aromatic N) is 3. The fourth-order valence-corrected chi connectivity index (χ4v) is 3.86. The number of halogens is 2. The highest BCUT2D eigenvalue weighted by Crippen LogP contribution is 2.34. The van der Waals surface area contributed by atoms with E-state index in [1.807, 2.05) is 12.1 Å². The quantitative estimate of drug-likeness (QED) is 0.408. The highest BCUT2D eigenvalue weighted by molar-refractivity contribution is 6.31. The number of benzene rings is 3. The van der Waals surface area contributed by atoms with E-state index in [4.69, 9.17) is 26.7 Å². The van der Waals surface area contributed by atoms with Gasteiger partial charge >= 0.3 is 5.97 Å². The van der Waals surface area contributed by atoms with Crippen LogP contribution in [0.5, 0.6) is 0 Å². The van der Waals surface area contributed by atoms with Gasteiger partial charge in [-0.15, -0.1) is 0 Å². The minimum absolute atomic E-state index is 0.191. The van der Waals surface area contributed by atoms with E-state index in [0.717, 1.165) is 16.7 Å². The molecule has 0 bridgehead atoms. The smallest absolute Gasteiger partial charge is 0.335 e. The summed E-state index contributed by atoms with van der Waals surface area (Å²) in [7, 11) is 0. The average molecular weight is 459 g/mol. The molecule has 1 aliphatic heterocycles. The van der Waals surface area contributed by atoms with Gasteiger partial charge in [0.2, 0.25) is 5.95 Å². The number of fused-ring (bicyclic) bond motifs is 3. The van der Waals surface area contributed by atoms with Crippen LogP contribution in [0.4, 0.5) is 16.0 Å². The number of carboxylic acids is 1. The van der Waals surface area contributed by atoms with Crippen molar-refractivity contribution in [1.29, 1.82) is 0 Å². The Morgan fingerprint density at radius 1 is 1.03 bits per heavy atom. The van der Waals surface area contributed by atoms with Crippen LogP contribution >= 0.6 is 11.6 Å². The van der Waals surface area contributed by atoms with Crippen LogP contribution in [0.25, 0.3) is 11.3 Å². The number of carbonyl (C=O) groups is 1. The van der Waals surface area contributed by atoms with Gasteiger partial charge in [-0.1, -0.05) is 29.8 Å². The third-order valence-electron chi connectivity index (χ3n) is 5.25. The van der Waals surface area contributed by atoms with Crippen molar-refractivity contribution < 1.29 is 14.3 Å². The topological polar surface area (TPSA) is 87.5 Å². The van der Waals surface area contributed by atoms with E-state index >= 15 is 0 Å². The van der Waals surface area contributed by atoms with Crippen molar-refractivity contribution in [2.75, 3.05) is 5.32 Å². The molecule has 33 heavy (non-hydrogen) atoms. The van der Waals surface area contributed by atoms with E-state index in [-0.39, 0.29) is 11.4 Å². The number of hydrogen-bond donors (Lipinski definition) is 2. The normalized spacial score (nSPS) is 12.2. The molecular weight excluding hydrogens is 443 g/mol. The van der Waals surface area contributed by atoms with E-state index in [2.05, 4.69) is 10.3 Å². The molecule has 0 radical (unpaired) electrons. The molecular formula is C25H16ClFN4O2. The van der Waals surface area contributed by atoms with Gasteiger partial charge in [0.1, 0.15) is 5.82 Å². The molecule has 162 valence electrons. The van der Waals surface area contributed by atoms with Gasteiger partial charge in [0.05, 0.1) is 23.5 Å². The molecule has 5 rings (SSSR count). The van der Waals surface area contributed by atoms with Gasteiger partial charge in [-0.2, -0.15) is 0 Å². The largest absolute Gasteiger partial charge is 0.478 e. The molecule has 0 saturated carbocycles. The molecule has 1 aliphatic rings. The maximum Gasteiger partial charge on any atom is 0.335 e. The van der Waals surface area contributed by atoms with Crippen molar-refractivity contribution in [3.05, 3.63) is 106 Å². The predicted molar refractivity (Wildman–Crippen MR) is 125 cm³/mol. The van der Waals surface area contributed by atoms with Gasteiger partial charge < -0.3 is 10.4 Å². The van der Waals surface area contributed by atoms with Gasteiger partial charge in [0.15, 0.2) is 0 Å². The summed E-state index contributed by atoms with van der Waals surface area (Å²) in [5.41, 5.74) is 5.19. The van der Waals surface area contributed by atoms with E-state index in [0.29, 0.717) is 40.2 Å². The second-order valence-electron chi connectivity index (χ2n) is 7.44. The first-order valence-electron chi connectivity index (χ1n) is 10.0. The Morgan fingerprint density at radius 2 is 1.85 bits per heavy atom. The molecule has 0 fully saturated rings. The van der Waals surface area contributed by atoms with Crippen molar-refractivity contribution >= 4 is 34.9 Å². The molecule has 0 amide bonds. The molecule has 0 unspecified atom stereocenters. The van der Waals surface area contributed by atoms with Crippen LogP contribution < -0.4 is 5.32 Å². The Balaban J connectivity index is 1.56. The summed E-state index contributed by atoms with van der Waals surface area (Å²) in [5, 5.41) is 12.7. The number of aromatic carboxylic acids is 1. The van der Waals surface area contributed by atoms with Gasteiger partial charge in [-0.3, -0.25) is 4.99 Å². The minimum Gasteiger partial charge on any atom is -0.478 e. The summed E-state index contributed by atoms with van der Waals surface area (Å²) >= 11 is 6.30. The first kappa shape index (κ1) is 20.8. The second kappa shape index (κ2) is 8.44. The van der Waals surface area contributed by atoms with Crippen molar-refractivity contribution in [3.63, 3.8) is 0 Å². The molecule has 0 aliphatic carbocycles. The summed E-state index contributed by atoms with van der Waals surface area (Å²) in [6.07, 6.45) is 1.70. The second-order valence-corrected chi connectivity index (χ2v) is 7.88. The summed E-state index contributed by atoms with van der Waals surface area (Å²) in [6.45, 7) is 0.321. The Labute approximate surface area is 193 Å². The number of carboxylic acid groups (broad SMARTS) is 1. The monoisotopic (exact) mass is 458 g/mol. The first-order valence-corrected chi connectivity index (χ1v) is 10.4. The highest BCUT2D eigenvalue weighted by Gasteiger charge is 2.22. The third kappa shape index (κ3) is 4.18. The van der Waals surface area contributed by atoms with Crippen LogP contribution in [0.3, 0.4) is 0 Å². The Kier molecular flexibility index (Phi) is 5.32. The van der Waals surface area contributed by atoms with Crippen LogP contribution in [0.15, 0.2) is 77.9 Å². The lowest BCUT2D eigenvalue weighted by atomic mass is 9.95. The lowest BCUT2D eigenvalue weighted by Crippen LogP contribution is -2.05. The van der Waals surface area contributed by atoms with Crippen LogP contribution in [0, 0.1) is 5.82 Å². The van der Waals surface area contributed by atoms with E-state index in [1.165, 1.54) is 24.3 Å². The van der Waals surface area contributed by atoms with Gasteiger partial charge in [0.25, 0.3) is 0 Å². The van der Waals surface area contributed by atoms with E-state index in [9.17, 15) is 9.18 Å². The Hall–Kier alpha value is -4.10. The fraction of sp³-hybridized carbons (Fsp3) is 0.0400. The lowest BCUT2D eigenvalue weighted by Gasteiger charge is -2.13. The number of nitrogens with one attached hydrogen (secondary N) is 1. The SMILES string of the molecule is O=C(O)c1ccc(Nc2ncc3c(n2)-c2ccc(Cl)cc2C(c2cccc(F)c2)=NC3)cc1. The minimum atomic E-state index is -0.993. The molecule has 3 aromatic carbocycles. The Morgan fingerprint density at radius 3 is 2.61 bits per heavy atom. The third-order valence-corrected chi connectivity index (χ3v) is 5.49. The van der Waals surface area contributed by atoms with Gasteiger partial charge in [-0.25, -0.2) is 19.2 Å². The predicted octanol–water partition coefficient (Wildman–Crippen LogP) is 5.73. The zero-order chi connectivity index (χ0) is 22.9. The van der Waals surface area contributed by atoms with Crippen molar-refractivity contribution in [3.8, 4) is 11.3 Å². The lowest BCUT2D eigenvalue weighted by molar-refractivity contribution is 0.0697. The molecule has 2 N–H and O–H groups in total. The molecule has 0 atom stereocenters. The van der Waals surface area contributed by atoms with Crippen LogP contribution in [-0.2, 0) is 6.54 Å². The fourth-order valence-electron chi connectivity index (χ4n) is 3.69. The number of aliphatic imine (C=N–C) groups is 1. The van der Waals surface area contributed by atoms with E-state index in [1.54, 1.807) is 36.5 Å². The zero-order valence-electron chi connectivity index (χ0n) is 17.1. The maximum absolute atomic E-state index is 13.9. The molecule has 0 saturated heterocycles. The van der Waals surface area contributed by atoms with Crippen molar-refractivity contribution in [2.24, 2.45) is 4.99 Å². The summed E-state index contributed by atoms with van der Waals surface area (Å²) in [6, 6.07) is 18.0. The van der Waals surface area contributed by atoms with Gasteiger partial charge in [0, 0.05) is 39.2 Å². The first-order chi connectivity index (χ1) is 16.0. The number of hydrogen-bond acceptors (Lipinski definition) is 5. The maximum atomic E-state index is 13.9.